The van der Waals surface area contributed by atoms with E-state index in [4.69, 9.17) is 4.74 Å². The summed E-state index contributed by atoms with van der Waals surface area (Å²) >= 11 is 0. The number of hydrogen-bond acceptors (Lipinski definition) is 4. The summed E-state index contributed by atoms with van der Waals surface area (Å²) in [5.74, 6) is 0.376. The molecule has 3 heterocycles. The van der Waals surface area contributed by atoms with Crippen molar-refractivity contribution in [2.75, 3.05) is 32.8 Å². The van der Waals surface area contributed by atoms with Crippen LogP contribution in [0.25, 0.3) is 0 Å². The highest BCUT2D eigenvalue weighted by Gasteiger charge is 2.25. The first kappa shape index (κ1) is 15.9. The zero-order chi connectivity index (χ0) is 16.1. The maximum atomic E-state index is 12.4. The number of nitrogens with zero attached hydrogens (tertiary/aromatic N) is 3. The van der Waals surface area contributed by atoms with Crippen LogP contribution in [0.2, 0.25) is 0 Å². The molecule has 1 aromatic rings. The zero-order valence-electron chi connectivity index (χ0n) is 13.3. The van der Waals surface area contributed by atoms with Gasteiger partial charge in [0.25, 0.3) is 0 Å². The van der Waals surface area contributed by atoms with Gasteiger partial charge in [-0.05, 0) is 30.5 Å². The number of likely N-dealkylation sites (tertiary alicyclic amines) is 1. The molecule has 6 nitrogen and oxygen atoms in total. The molecule has 0 aromatic carbocycles. The van der Waals surface area contributed by atoms with Crippen LogP contribution in [0.4, 0.5) is 0 Å². The van der Waals surface area contributed by atoms with Crippen molar-refractivity contribution in [3.05, 3.63) is 30.1 Å². The summed E-state index contributed by atoms with van der Waals surface area (Å²) < 4.78 is 5.77. The highest BCUT2D eigenvalue weighted by Crippen LogP contribution is 2.22. The van der Waals surface area contributed by atoms with E-state index in [0.29, 0.717) is 39.1 Å². The first-order chi connectivity index (χ1) is 11.2. The van der Waals surface area contributed by atoms with E-state index in [1.54, 1.807) is 12.4 Å². The molecule has 6 heteroatoms. The number of hydrogen-bond donors (Lipinski definition) is 0. The predicted molar refractivity (Wildman–Crippen MR) is 84.6 cm³/mol. The molecular weight excluding hydrogens is 294 g/mol. The highest BCUT2D eigenvalue weighted by atomic mass is 16.5. The molecule has 0 radical (unpaired) electrons. The second-order valence-electron chi connectivity index (χ2n) is 6.07. The standard InChI is InChI=1S/C17H23N3O3/c21-16-3-1-9-19(16)10-2-4-17(22)20-11-12-23-15(13-20)14-5-7-18-8-6-14/h5-8,15H,1-4,9-13H2/t15-/m0/s1. The van der Waals surface area contributed by atoms with E-state index in [2.05, 4.69) is 4.98 Å². The van der Waals surface area contributed by atoms with Gasteiger partial charge in [0.05, 0.1) is 13.2 Å². The number of carbonyl (C=O) groups excluding carboxylic acids is 2. The molecule has 0 aliphatic carbocycles. The molecule has 0 spiro atoms. The quantitative estimate of drug-likeness (QED) is 0.823. The molecule has 2 saturated heterocycles. The Kier molecular flexibility index (Phi) is 5.23. The first-order valence-electron chi connectivity index (χ1n) is 8.31. The van der Waals surface area contributed by atoms with Crippen LogP contribution < -0.4 is 0 Å². The largest absolute Gasteiger partial charge is 0.370 e. The summed E-state index contributed by atoms with van der Waals surface area (Å²) in [6.07, 6.45) is 6.25. The monoisotopic (exact) mass is 317 g/mol. The summed E-state index contributed by atoms with van der Waals surface area (Å²) in [7, 11) is 0. The SMILES string of the molecule is O=C1CCCN1CCCC(=O)N1CCO[C@H](c2ccncc2)C1. The number of morpholine rings is 1. The van der Waals surface area contributed by atoms with Crippen LogP contribution in [0.1, 0.15) is 37.4 Å². The number of pyridine rings is 1. The Morgan fingerprint density at radius 2 is 2.13 bits per heavy atom. The van der Waals surface area contributed by atoms with Gasteiger partial charge in [-0.3, -0.25) is 14.6 Å². The summed E-state index contributed by atoms with van der Waals surface area (Å²) in [5.41, 5.74) is 1.06. The third-order valence-corrected chi connectivity index (χ3v) is 4.49. The molecule has 0 bridgehead atoms. The Morgan fingerprint density at radius 3 is 2.87 bits per heavy atom. The van der Waals surface area contributed by atoms with Gasteiger partial charge in [0.2, 0.25) is 11.8 Å². The molecule has 3 rings (SSSR count). The van der Waals surface area contributed by atoms with Crippen LogP contribution in [-0.4, -0.2) is 59.4 Å². The molecule has 0 unspecified atom stereocenters. The minimum absolute atomic E-state index is 0.0733. The highest BCUT2D eigenvalue weighted by molar-refractivity contribution is 5.78. The summed E-state index contributed by atoms with van der Waals surface area (Å²) in [6.45, 7) is 3.33. The number of amides is 2. The van der Waals surface area contributed by atoms with Gasteiger partial charge in [0.1, 0.15) is 6.10 Å². The molecule has 2 aliphatic rings. The van der Waals surface area contributed by atoms with Gasteiger partial charge in [-0.2, -0.15) is 0 Å². The van der Waals surface area contributed by atoms with E-state index < -0.39 is 0 Å². The van der Waals surface area contributed by atoms with Crippen molar-refractivity contribution in [2.45, 2.75) is 31.8 Å². The molecule has 2 aliphatic heterocycles. The number of ether oxygens (including phenoxy) is 1. The van der Waals surface area contributed by atoms with E-state index in [0.717, 1.165) is 24.9 Å². The van der Waals surface area contributed by atoms with E-state index in [1.807, 2.05) is 21.9 Å². The lowest BCUT2D eigenvalue weighted by atomic mass is 10.1. The molecule has 0 saturated carbocycles. The van der Waals surface area contributed by atoms with Gasteiger partial charge in [-0.25, -0.2) is 0 Å². The van der Waals surface area contributed by atoms with Gasteiger partial charge in [-0.15, -0.1) is 0 Å². The molecule has 1 aromatic heterocycles. The maximum absolute atomic E-state index is 12.4. The fraction of sp³-hybridized carbons (Fsp3) is 0.588. The van der Waals surface area contributed by atoms with Crippen LogP contribution >= 0.6 is 0 Å². The Bertz CT molecular complexity index is 549. The van der Waals surface area contributed by atoms with Crippen molar-refractivity contribution in [2.24, 2.45) is 0 Å². The second kappa shape index (κ2) is 7.55. The fourth-order valence-corrected chi connectivity index (χ4v) is 3.18. The molecule has 2 fully saturated rings. The predicted octanol–water partition coefficient (Wildman–Crippen LogP) is 1.38. The maximum Gasteiger partial charge on any atom is 0.222 e. The molecule has 1 atom stereocenters. The van der Waals surface area contributed by atoms with Crippen molar-refractivity contribution in [3.63, 3.8) is 0 Å². The van der Waals surface area contributed by atoms with Crippen LogP contribution in [0.3, 0.4) is 0 Å². The van der Waals surface area contributed by atoms with Crippen molar-refractivity contribution in [1.29, 1.82) is 0 Å². The molecule has 124 valence electrons. The Balaban J connectivity index is 1.46. The molecular formula is C17H23N3O3. The minimum atomic E-state index is -0.0733. The lowest BCUT2D eigenvalue weighted by Crippen LogP contribution is -2.42. The van der Waals surface area contributed by atoms with Gasteiger partial charge >= 0.3 is 0 Å². The van der Waals surface area contributed by atoms with E-state index >= 15 is 0 Å². The Morgan fingerprint density at radius 1 is 1.30 bits per heavy atom. The summed E-state index contributed by atoms with van der Waals surface area (Å²) in [5, 5.41) is 0. The molecule has 0 N–H and O–H groups in total. The lowest BCUT2D eigenvalue weighted by molar-refractivity contribution is -0.139. The number of rotatable bonds is 5. The average Bonchev–Trinajstić information content (AvgIpc) is 3.01. The van der Waals surface area contributed by atoms with Gasteiger partial charge in [-0.1, -0.05) is 0 Å². The lowest BCUT2D eigenvalue weighted by Gasteiger charge is -2.33. The van der Waals surface area contributed by atoms with Crippen molar-refractivity contribution >= 4 is 11.8 Å². The minimum Gasteiger partial charge on any atom is -0.370 e. The van der Waals surface area contributed by atoms with Crippen LogP contribution in [-0.2, 0) is 14.3 Å². The molecule has 2 amide bonds. The van der Waals surface area contributed by atoms with Crippen LogP contribution in [0, 0.1) is 0 Å². The fourth-order valence-electron chi connectivity index (χ4n) is 3.18. The van der Waals surface area contributed by atoms with Crippen LogP contribution in [0.15, 0.2) is 24.5 Å². The van der Waals surface area contributed by atoms with E-state index in [1.165, 1.54) is 0 Å². The van der Waals surface area contributed by atoms with Crippen molar-refractivity contribution in [1.82, 2.24) is 14.8 Å². The first-order valence-corrected chi connectivity index (χ1v) is 8.31. The van der Waals surface area contributed by atoms with Gasteiger partial charge < -0.3 is 14.5 Å². The van der Waals surface area contributed by atoms with Crippen LogP contribution in [0.5, 0.6) is 0 Å². The second-order valence-corrected chi connectivity index (χ2v) is 6.07. The van der Waals surface area contributed by atoms with E-state index in [9.17, 15) is 9.59 Å². The third kappa shape index (κ3) is 4.07. The van der Waals surface area contributed by atoms with Gasteiger partial charge in [0, 0.05) is 44.9 Å². The Labute approximate surface area is 136 Å². The normalized spacial score (nSPS) is 21.7. The van der Waals surface area contributed by atoms with E-state index in [-0.39, 0.29) is 17.9 Å². The number of aromatic nitrogens is 1. The van der Waals surface area contributed by atoms with Crippen molar-refractivity contribution < 1.29 is 14.3 Å². The molecule has 23 heavy (non-hydrogen) atoms. The topological polar surface area (TPSA) is 62.7 Å². The summed E-state index contributed by atoms with van der Waals surface area (Å²) in [6, 6.07) is 3.86. The Hall–Kier alpha value is -1.95. The average molecular weight is 317 g/mol. The number of carbonyl (C=O) groups is 2. The van der Waals surface area contributed by atoms with Crippen molar-refractivity contribution in [3.8, 4) is 0 Å². The summed E-state index contributed by atoms with van der Waals surface area (Å²) in [4.78, 5) is 31.7. The third-order valence-electron chi connectivity index (χ3n) is 4.49. The zero-order valence-corrected chi connectivity index (χ0v) is 13.3. The smallest absolute Gasteiger partial charge is 0.222 e. The van der Waals surface area contributed by atoms with Gasteiger partial charge in [0.15, 0.2) is 0 Å².